The van der Waals surface area contributed by atoms with Gasteiger partial charge in [0.15, 0.2) is 0 Å². The molecule has 13 heavy (non-hydrogen) atoms. The monoisotopic (exact) mass is 201 g/mol. The van der Waals surface area contributed by atoms with Gasteiger partial charge in [-0.05, 0) is 0 Å². The van der Waals surface area contributed by atoms with E-state index in [-0.39, 0.29) is 10.7 Å². The molecule has 0 aromatic carbocycles. The Labute approximate surface area is 80.1 Å². The molecule has 5 nitrogen and oxygen atoms in total. The molecule has 0 N–H and O–H groups in total. The zero-order valence-corrected chi connectivity index (χ0v) is 7.95. The van der Waals surface area contributed by atoms with Gasteiger partial charge in [-0.3, -0.25) is 10.1 Å². The van der Waals surface area contributed by atoms with Crippen LogP contribution in [0.3, 0.4) is 0 Å². The molecule has 70 valence electrons. The highest BCUT2D eigenvalue weighted by molar-refractivity contribution is 6.33. The summed E-state index contributed by atoms with van der Waals surface area (Å²) in [6.45, 7) is 0. The summed E-state index contributed by atoms with van der Waals surface area (Å²) in [4.78, 5) is 15.3. The number of nitro groups is 1. The Bertz CT molecular complexity index is 341. The molecule has 1 heterocycles. The second-order valence-electron chi connectivity index (χ2n) is 2.65. The topological polar surface area (TPSA) is 59.3 Å². The van der Waals surface area contributed by atoms with Gasteiger partial charge < -0.3 is 4.90 Å². The minimum absolute atomic E-state index is 0.101. The highest BCUT2D eigenvalue weighted by atomic mass is 35.5. The van der Waals surface area contributed by atoms with Gasteiger partial charge in [-0.15, -0.1) is 0 Å². The van der Waals surface area contributed by atoms with Gasteiger partial charge in [0.2, 0.25) is 0 Å². The molecule has 1 aromatic rings. The zero-order valence-electron chi connectivity index (χ0n) is 7.19. The molecular weight excluding hydrogens is 194 g/mol. The van der Waals surface area contributed by atoms with Crippen molar-refractivity contribution in [1.29, 1.82) is 0 Å². The first-order valence-electron chi connectivity index (χ1n) is 3.49. The van der Waals surface area contributed by atoms with E-state index in [2.05, 4.69) is 4.98 Å². The van der Waals surface area contributed by atoms with Crippen molar-refractivity contribution in [3.8, 4) is 0 Å². The van der Waals surface area contributed by atoms with Crippen LogP contribution in [-0.2, 0) is 0 Å². The minimum Gasteiger partial charge on any atom is -0.362 e. The van der Waals surface area contributed by atoms with E-state index in [4.69, 9.17) is 11.6 Å². The maximum atomic E-state index is 10.3. The number of aromatic nitrogens is 1. The van der Waals surface area contributed by atoms with E-state index < -0.39 is 4.92 Å². The summed E-state index contributed by atoms with van der Waals surface area (Å²) in [6, 6.07) is 1.28. The van der Waals surface area contributed by atoms with E-state index in [1.54, 1.807) is 19.0 Å². The van der Waals surface area contributed by atoms with E-state index >= 15 is 0 Å². The SMILES string of the molecule is CN(C)c1ncc([N+](=O)[O-])cc1Cl. The smallest absolute Gasteiger partial charge is 0.289 e. The molecule has 0 aliphatic carbocycles. The molecule has 0 bridgehead atoms. The molecule has 1 rings (SSSR count). The minimum atomic E-state index is -0.529. The molecule has 1 aromatic heterocycles. The zero-order chi connectivity index (χ0) is 10.0. The molecule has 0 saturated carbocycles. The summed E-state index contributed by atoms with van der Waals surface area (Å²) in [5, 5.41) is 10.6. The van der Waals surface area contributed by atoms with Crippen LogP contribution in [0.5, 0.6) is 0 Å². The van der Waals surface area contributed by atoms with Crippen molar-refractivity contribution in [3.05, 3.63) is 27.4 Å². The van der Waals surface area contributed by atoms with Gasteiger partial charge >= 0.3 is 0 Å². The maximum Gasteiger partial charge on any atom is 0.289 e. The van der Waals surface area contributed by atoms with Crippen molar-refractivity contribution in [2.45, 2.75) is 0 Å². The molecule has 0 spiro atoms. The molecule has 0 amide bonds. The van der Waals surface area contributed by atoms with Gasteiger partial charge in [-0.25, -0.2) is 4.98 Å². The summed E-state index contributed by atoms with van der Waals surface area (Å²) in [6.07, 6.45) is 1.18. The number of pyridine rings is 1. The second kappa shape index (κ2) is 3.57. The summed E-state index contributed by atoms with van der Waals surface area (Å²) >= 11 is 5.76. The highest BCUT2D eigenvalue weighted by Gasteiger charge is 2.11. The lowest BCUT2D eigenvalue weighted by Gasteiger charge is -2.11. The predicted octanol–water partition coefficient (Wildman–Crippen LogP) is 1.71. The number of nitrogens with zero attached hydrogens (tertiary/aromatic N) is 3. The second-order valence-corrected chi connectivity index (χ2v) is 3.06. The summed E-state index contributed by atoms with van der Waals surface area (Å²) < 4.78 is 0. The van der Waals surface area contributed by atoms with Crippen molar-refractivity contribution in [2.75, 3.05) is 19.0 Å². The van der Waals surface area contributed by atoms with Crippen molar-refractivity contribution >= 4 is 23.1 Å². The lowest BCUT2D eigenvalue weighted by molar-refractivity contribution is -0.385. The normalized spacial score (nSPS) is 9.77. The fourth-order valence-electron chi connectivity index (χ4n) is 0.850. The highest BCUT2D eigenvalue weighted by Crippen LogP contribution is 2.25. The van der Waals surface area contributed by atoms with Crippen molar-refractivity contribution in [1.82, 2.24) is 4.98 Å². The van der Waals surface area contributed by atoms with E-state index in [0.717, 1.165) is 0 Å². The quantitative estimate of drug-likeness (QED) is 0.540. The average molecular weight is 202 g/mol. The van der Waals surface area contributed by atoms with Crippen LogP contribution >= 0.6 is 11.6 Å². The van der Waals surface area contributed by atoms with E-state index in [0.29, 0.717) is 5.82 Å². The van der Waals surface area contributed by atoms with Crippen molar-refractivity contribution in [2.24, 2.45) is 0 Å². The molecule has 0 radical (unpaired) electrons. The van der Waals surface area contributed by atoms with Crippen molar-refractivity contribution < 1.29 is 4.92 Å². The summed E-state index contributed by atoms with van der Waals surface area (Å²) in [5.74, 6) is 0.521. The number of rotatable bonds is 2. The molecule has 0 aliphatic rings. The Hall–Kier alpha value is -1.36. The lowest BCUT2D eigenvalue weighted by Crippen LogP contribution is -2.11. The van der Waals surface area contributed by atoms with Crippen molar-refractivity contribution in [3.63, 3.8) is 0 Å². The largest absolute Gasteiger partial charge is 0.362 e. The fraction of sp³-hybridized carbons (Fsp3) is 0.286. The van der Waals surface area contributed by atoms with Gasteiger partial charge in [-0.2, -0.15) is 0 Å². The van der Waals surface area contributed by atoms with Crippen LogP contribution < -0.4 is 4.90 Å². The van der Waals surface area contributed by atoms with Gasteiger partial charge in [0.25, 0.3) is 5.69 Å². The third-order valence-electron chi connectivity index (χ3n) is 1.44. The van der Waals surface area contributed by atoms with Crippen LogP contribution in [0.4, 0.5) is 11.5 Å². The molecule has 0 fully saturated rings. The van der Waals surface area contributed by atoms with E-state index in [1.807, 2.05) is 0 Å². The first kappa shape index (κ1) is 9.73. The standard InChI is InChI=1S/C7H8ClN3O2/c1-10(2)7-6(8)3-5(4-9-7)11(12)13/h3-4H,1-2H3. The van der Waals surface area contributed by atoms with Gasteiger partial charge in [0.05, 0.1) is 9.95 Å². The van der Waals surface area contributed by atoms with Crippen LogP contribution in [0.15, 0.2) is 12.3 Å². The summed E-state index contributed by atoms with van der Waals surface area (Å²) in [5.41, 5.74) is -0.101. The van der Waals surface area contributed by atoms with E-state index in [9.17, 15) is 10.1 Å². The molecular formula is C7H8ClN3O2. The third-order valence-corrected chi connectivity index (χ3v) is 1.72. The van der Waals surface area contributed by atoms with Gasteiger partial charge in [0, 0.05) is 20.2 Å². The van der Waals surface area contributed by atoms with Crippen LogP contribution in [0, 0.1) is 10.1 Å². The Morgan fingerprint density at radius 2 is 2.23 bits per heavy atom. The van der Waals surface area contributed by atoms with Gasteiger partial charge in [0.1, 0.15) is 12.0 Å². The van der Waals surface area contributed by atoms with E-state index in [1.165, 1.54) is 12.3 Å². The molecule has 6 heteroatoms. The predicted molar refractivity (Wildman–Crippen MR) is 50.2 cm³/mol. The van der Waals surface area contributed by atoms with Crippen LogP contribution in [-0.4, -0.2) is 24.0 Å². The first-order valence-corrected chi connectivity index (χ1v) is 3.87. The lowest BCUT2D eigenvalue weighted by atomic mass is 10.4. The molecule has 0 saturated heterocycles. The Balaban J connectivity index is 3.13. The first-order chi connectivity index (χ1) is 6.02. The van der Waals surface area contributed by atoms with Crippen LogP contribution in [0.25, 0.3) is 0 Å². The van der Waals surface area contributed by atoms with Crippen LogP contribution in [0.1, 0.15) is 0 Å². The van der Waals surface area contributed by atoms with Crippen LogP contribution in [0.2, 0.25) is 5.02 Å². The number of halogens is 1. The molecule has 0 atom stereocenters. The third kappa shape index (κ3) is 2.06. The average Bonchev–Trinajstić information content (AvgIpc) is 2.03. The number of anilines is 1. The summed E-state index contributed by atoms with van der Waals surface area (Å²) in [7, 11) is 3.53. The number of hydrogen-bond acceptors (Lipinski definition) is 4. The fourth-order valence-corrected chi connectivity index (χ4v) is 1.18. The Morgan fingerprint density at radius 3 is 2.62 bits per heavy atom. The molecule has 0 unspecified atom stereocenters. The Kier molecular flexibility index (Phi) is 2.67. The Morgan fingerprint density at radius 1 is 1.62 bits per heavy atom. The molecule has 0 aliphatic heterocycles. The van der Waals surface area contributed by atoms with Gasteiger partial charge in [-0.1, -0.05) is 11.6 Å². The number of hydrogen-bond donors (Lipinski definition) is 0. The maximum absolute atomic E-state index is 10.3.